The van der Waals surface area contributed by atoms with Crippen molar-refractivity contribution in [1.29, 1.82) is 0 Å². The summed E-state index contributed by atoms with van der Waals surface area (Å²) in [6.45, 7) is 6.35. The number of methoxy groups -OCH3 is 2. The van der Waals surface area contributed by atoms with Gasteiger partial charge in [-0.05, 0) is 6.92 Å². The lowest BCUT2D eigenvalue weighted by atomic mass is 9.97. The predicted octanol–water partition coefficient (Wildman–Crippen LogP) is 0.601. The van der Waals surface area contributed by atoms with Crippen LogP contribution in [0.4, 0.5) is 5.13 Å². The van der Waals surface area contributed by atoms with Crippen molar-refractivity contribution in [3.63, 3.8) is 0 Å². The molecule has 0 spiro atoms. The molecule has 1 unspecified atom stereocenters. The summed E-state index contributed by atoms with van der Waals surface area (Å²) in [6, 6.07) is 0. The first-order valence-corrected chi connectivity index (χ1v) is 7.69. The number of piperazine rings is 1. The van der Waals surface area contributed by atoms with Gasteiger partial charge in [-0.3, -0.25) is 4.90 Å². The van der Waals surface area contributed by atoms with E-state index in [2.05, 4.69) is 21.7 Å². The summed E-state index contributed by atoms with van der Waals surface area (Å²) in [4.78, 5) is 9.03. The second-order valence-corrected chi connectivity index (χ2v) is 6.03. The molecule has 0 saturated carbocycles. The van der Waals surface area contributed by atoms with Gasteiger partial charge in [-0.15, -0.1) is 11.3 Å². The lowest BCUT2D eigenvalue weighted by Crippen LogP contribution is -2.64. The number of ether oxygens (including phenoxy) is 2. The van der Waals surface area contributed by atoms with Crippen molar-refractivity contribution in [2.24, 2.45) is 5.73 Å². The molecule has 20 heavy (non-hydrogen) atoms. The van der Waals surface area contributed by atoms with Crippen molar-refractivity contribution in [2.75, 3.05) is 51.8 Å². The average Bonchev–Trinajstić information content (AvgIpc) is 3.02. The van der Waals surface area contributed by atoms with Crippen LogP contribution in [-0.4, -0.2) is 68.7 Å². The van der Waals surface area contributed by atoms with Gasteiger partial charge in [0.05, 0.1) is 5.54 Å². The zero-order valence-electron chi connectivity index (χ0n) is 12.4. The molecule has 1 fully saturated rings. The van der Waals surface area contributed by atoms with Gasteiger partial charge >= 0.3 is 0 Å². The summed E-state index contributed by atoms with van der Waals surface area (Å²) in [5.41, 5.74) is 5.69. The van der Waals surface area contributed by atoms with Gasteiger partial charge in [-0.1, -0.05) is 0 Å². The molecule has 0 aromatic carbocycles. The highest BCUT2D eigenvalue weighted by Crippen LogP contribution is 2.25. The SMILES string of the molecule is COC(OC)C(C)(CN)N1CCN(c2nccs2)CC1. The Morgan fingerprint density at radius 1 is 1.35 bits per heavy atom. The molecule has 1 atom stereocenters. The van der Waals surface area contributed by atoms with E-state index in [1.54, 1.807) is 25.6 Å². The normalized spacial score (nSPS) is 20.4. The van der Waals surface area contributed by atoms with Crippen LogP contribution >= 0.6 is 11.3 Å². The van der Waals surface area contributed by atoms with Crippen LogP contribution in [-0.2, 0) is 9.47 Å². The molecule has 2 rings (SSSR count). The standard InChI is InChI=1S/C13H24N4O2S/c1-13(10-14,11(18-2)19-3)17-7-5-16(6-8-17)12-15-4-9-20-12/h4,9,11H,5-8,10,14H2,1-3H3. The van der Waals surface area contributed by atoms with Crippen LogP contribution in [0.1, 0.15) is 6.92 Å². The first-order chi connectivity index (χ1) is 9.65. The molecule has 0 bridgehead atoms. The molecule has 1 aliphatic heterocycles. The van der Waals surface area contributed by atoms with Gasteiger partial charge in [0, 0.05) is 58.5 Å². The summed E-state index contributed by atoms with van der Waals surface area (Å²) in [5.74, 6) is 0. The zero-order valence-corrected chi connectivity index (χ0v) is 13.2. The van der Waals surface area contributed by atoms with E-state index in [0.717, 1.165) is 31.3 Å². The van der Waals surface area contributed by atoms with E-state index in [0.29, 0.717) is 6.54 Å². The Bertz CT molecular complexity index is 391. The first kappa shape index (κ1) is 15.7. The van der Waals surface area contributed by atoms with Crippen LogP contribution in [0.15, 0.2) is 11.6 Å². The van der Waals surface area contributed by atoms with Crippen LogP contribution in [0.2, 0.25) is 0 Å². The molecule has 1 aromatic heterocycles. The molecule has 0 radical (unpaired) electrons. The Hall–Kier alpha value is -0.730. The maximum absolute atomic E-state index is 5.99. The first-order valence-electron chi connectivity index (χ1n) is 6.81. The monoisotopic (exact) mass is 300 g/mol. The fourth-order valence-electron chi connectivity index (χ4n) is 2.76. The number of hydrogen-bond acceptors (Lipinski definition) is 7. The summed E-state index contributed by atoms with van der Waals surface area (Å²) >= 11 is 1.68. The number of nitrogens with zero attached hydrogens (tertiary/aromatic N) is 3. The van der Waals surface area contributed by atoms with Crippen molar-refractivity contribution in [3.8, 4) is 0 Å². The quantitative estimate of drug-likeness (QED) is 0.776. The Morgan fingerprint density at radius 3 is 2.45 bits per heavy atom. The third-order valence-corrected chi connectivity index (χ3v) is 4.87. The molecule has 2 N–H and O–H groups in total. The lowest BCUT2D eigenvalue weighted by molar-refractivity contribution is -0.181. The minimum atomic E-state index is -0.320. The molecule has 1 saturated heterocycles. The summed E-state index contributed by atoms with van der Waals surface area (Å²) in [7, 11) is 3.32. The van der Waals surface area contributed by atoms with Crippen LogP contribution in [0.3, 0.4) is 0 Å². The number of nitrogens with two attached hydrogens (primary N) is 1. The van der Waals surface area contributed by atoms with Crippen LogP contribution < -0.4 is 10.6 Å². The van der Waals surface area contributed by atoms with E-state index < -0.39 is 0 Å². The number of hydrogen-bond donors (Lipinski definition) is 1. The van der Waals surface area contributed by atoms with Gasteiger partial charge in [0.2, 0.25) is 0 Å². The highest BCUT2D eigenvalue weighted by atomic mass is 32.1. The van der Waals surface area contributed by atoms with Crippen molar-refractivity contribution in [2.45, 2.75) is 18.8 Å². The Labute approximate surface area is 124 Å². The highest BCUT2D eigenvalue weighted by Gasteiger charge is 2.41. The van der Waals surface area contributed by atoms with E-state index in [1.165, 1.54) is 0 Å². The van der Waals surface area contributed by atoms with Gasteiger partial charge in [0.25, 0.3) is 0 Å². The van der Waals surface area contributed by atoms with Crippen LogP contribution in [0.5, 0.6) is 0 Å². The summed E-state index contributed by atoms with van der Waals surface area (Å²) in [6.07, 6.45) is 1.53. The van der Waals surface area contributed by atoms with Crippen molar-refractivity contribution in [3.05, 3.63) is 11.6 Å². The number of rotatable bonds is 6. The molecule has 2 heterocycles. The summed E-state index contributed by atoms with van der Waals surface area (Å²) < 4.78 is 10.9. The van der Waals surface area contributed by atoms with E-state index in [4.69, 9.17) is 15.2 Å². The Morgan fingerprint density at radius 2 is 2.00 bits per heavy atom. The van der Waals surface area contributed by atoms with Gasteiger partial charge in [0.1, 0.15) is 0 Å². The maximum Gasteiger partial charge on any atom is 0.185 e. The fraction of sp³-hybridized carbons (Fsp3) is 0.769. The molecule has 0 amide bonds. The maximum atomic E-state index is 5.99. The predicted molar refractivity (Wildman–Crippen MR) is 81.2 cm³/mol. The Kier molecular flexibility index (Phi) is 5.34. The average molecular weight is 300 g/mol. The van der Waals surface area contributed by atoms with Crippen LogP contribution in [0, 0.1) is 0 Å². The van der Waals surface area contributed by atoms with E-state index in [9.17, 15) is 0 Å². The zero-order chi connectivity index (χ0) is 14.6. The molecule has 6 nitrogen and oxygen atoms in total. The fourth-order valence-corrected chi connectivity index (χ4v) is 3.46. The van der Waals surface area contributed by atoms with E-state index in [1.807, 2.05) is 11.6 Å². The van der Waals surface area contributed by atoms with Crippen molar-refractivity contribution in [1.82, 2.24) is 9.88 Å². The van der Waals surface area contributed by atoms with E-state index in [-0.39, 0.29) is 11.8 Å². The second kappa shape index (κ2) is 6.82. The topological polar surface area (TPSA) is 63.9 Å². The molecular formula is C13H24N4O2S. The molecule has 1 aliphatic rings. The molecule has 0 aliphatic carbocycles. The third-order valence-electron chi connectivity index (χ3n) is 4.04. The van der Waals surface area contributed by atoms with Crippen LogP contribution in [0.25, 0.3) is 0 Å². The number of anilines is 1. The number of aromatic nitrogens is 1. The van der Waals surface area contributed by atoms with E-state index >= 15 is 0 Å². The van der Waals surface area contributed by atoms with Gasteiger partial charge < -0.3 is 20.1 Å². The minimum absolute atomic E-state index is 0.307. The van der Waals surface area contributed by atoms with Crippen molar-refractivity contribution >= 4 is 16.5 Å². The molecule has 7 heteroatoms. The van der Waals surface area contributed by atoms with Gasteiger partial charge in [-0.25, -0.2) is 4.98 Å². The Balaban J connectivity index is 2.01. The molecule has 114 valence electrons. The molecule has 1 aromatic rings. The third kappa shape index (κ3) is 2.96. The minimum Gasteiger partial charge on any atom is -0.354 e. The summed E-state index contributed by atoms with van der Waals surface area (Å²) in [5, 5.41) is 3.10. The lowest BCUT2D eigenvalue weighted by Gasteiger charge is -2.47. The molecular weight excluding hydrogens is 276 g/mol. The van der Waals surface area contributed by atoms with Gasteiger partial charge in [0.15, 0.2) is 11.4 Å². The smallest absolute Gasteiger partial charge is 0.185 e. The largest absolute Gasteiger partial charge is 0.354 e. The number of thiazole rings is 1. The van der Waals surface area contributed by atoms with Gasteiger partial charge in [-0.2, -0.15) is 0 Å². The highest BCUT2D eigenvalue weighted by molar-refractivity contribution is 7.13. The van der Waals surface area contributed by atoms with Crippen molar-refractivity contribution < 1.29 is 9.47 Å². The second-order valence-electron chi connectivity index (χ2n) is 5.15.